The molecule has 1 unspecified atom stereocenters. The average Bonchev–Trinajstić information content (AvgIpc) is 1.99. The van der Waals surface area contributed by atoms with E-state index in [4.69, 9.17) is 5.73 Å². The van der Waals surface area contributed by atoms with Crippen LogP contribution in [0.1, 0.15) is 27.2 Å². The van der Waals surface area contributed by atoms with Crippen molar-refractivity contribution in [2.24, 2.45) is 5.73 Å². The van der Waals surface area contributed by atoms with Crippen molar-refractivity contribution in [2.75, 3.05) is 0 Å². The highest BCUT2D eigenvalue weighted by Crippen LogP contribution is 1.93. The molecule has 0 aliphatic heterocycles. The maximum absolute atomic E-state index is 11.5. The SMILES string of the molecule is CC(=O)NC(CC(N)=O)C(=O)NC(C)C. The van der Waals surface area contributed by atoms with Crippen LogP contribution in [0.2, 0.25) is 0 Å². The minimum atomic E-state index is -0.887. The molecule has 0 fully saturated rings. The Morgan fingerprint density at radius 3 is 2.07 bits per heavy atom. The Hall–Kier alpha value is -1.59. The molecule has 0 aliphatic carbocycles. The number of carbonyl (C=O) groups is 3. The lowest BCUT2D eigenvalue weighted by molar-refractivity contribution is -0.130. The van der Waals surface area contributed by atoms with Gasteiger partial charge in [0.05, 0.1) is 6.42 Å². The minimum Gasteiger partial charge on any atom is -0.370 e. The maximum atomic E-state index is 11.5. The third kappa shape index (κ3) is 6.48. The molecule has 0 aromatic heterocycles. The molecule has 6 nitrogen and oxygen atoms in total. The van der Waals surface area contributed by atoms with Gasteiger partial charge in [-0.3, -0.25) is 14.4 Å². The first-order valence-electron chi connectivity index (χ1n) is 4.68. The molecule has 3 amide bonds. The summed E-state index contributed by atoms with van der Waals surface area (Å²) in [5.41, 5.74) is 4.97. The fourth-order valence-corrected chi connectivity index (χ4v) is 1.04. The molecule has 0 aromatic carbocycles. The van der Waals surface area contributed by atoms with E-state index in [1.165, 1.54) is 6.92 Å². The van der Waals surface area contributed by atoms with Crippen LogP contribution in [0.25, 0.3) is 0 Å². The van der Waals surface area contributed by atoms with Crippen LogP contribution >= 0.6 is 0 Å². The molecule has 0 saturated heterocycles. The molecule has 6 heteroatoms. The molecule has 15 heavy (non-hydrogen) atoms. The summed E-state index contributed by atoms with van der Waals surface area (Å²) in [6.45, 7) is 4.84. The summed E-state index contributed by atoms with van der Waals surface area (Å²) < 4.78 is 0. The highest BCUT2D eigenvalue weighted by molar-refractivity contribution is 5.91. The first-order chi connectivity index (χ1) is 6.82. The topological polar surface area (TPSA) is 101 Å². The van der Waals surface area contributed by atoms with Crippen LogP contribution in [0, 0.1) is 0 Å². The minimum absolute atomic E-state index is 0.0540. The summed E-state index contributed by atoms with van der Waals surface area (Å²) in [5.74, 6) is -1.41. The highest BCUT2D eigenvalue weighted by atomic mass is 16.2. The molecule has 0 saturated carbocycles. The van der Waals surface area contributed by atoms with E-state index in [2.05, 4.69) is 10.6 Å². The monoisotopic (exact) mass is 215 g/mol. The van der Waals surface area contributed by atoms with Crippen molar-refractivity contribution in [2.45, 2.75) is 39.3 Å². The average molecular weight is 215 g/mol. The van der Waals surface area contributed by atoms with Gasteiger partial charge < -0.3 is 16.4 Å². The molecule has 0 rings (SSSR count). The Bertz CT molecular complexity index is 247. The summed E-state index contributed by atoms with van der Waals surface area (Å²) in [5, 5.41) is 4.96. The van der Waals surface area contributed by atoms with Gasteiger partial charge in [0.2, 0.25) is 17.7 Å². The standard InChI is InChI=1S/C9H17N3O3/c1-5(2)11-9(15)7(4-8(10)14)12-6(3)13/h5,7H,4H2,1-3H3,(H2,10,14)(H,11,15)(H,12,13). The lowest BCUT2D eigenvalue weighted by atomic mass is 10.1. The quantitative estimate of drug-likeness (QED) is 0.542. The second-order valence-electron chi connectivity index (χ2n) is 3.59. The van der Waals surface area contributed by atoms with Crippen molar-refractivity contribution < 1.29 is 14.4 Å². The van der Waals surface area contributed by atoms with Crippen molar-refractivity contribution in [3.05, 3.63) is 0 Å². The van der Waals surface area contributed by atoms with E-state index in [0.717, 1.165) is 0 Å². The summed E-state index contributed by atoms with van der Waals surface area (Å²) >= 11 is 0. The molecular weight excluding hydrogens is 198 g/mol. The van der Waals surface area contributed by atoms with Gasteiger partial charge in [-0.15, -0.1) is 0 Å². The van der Waals surface area contributed by atoms with Crippen LogP contribution in [0.3, 0.4) is 0 Å². The lowest BCUT2D eigenvalue weighted by Gasteiger charge is -2.17. The Kier molecular flexibility index (Phi) is 5.36. The Morgan fingerprint density at radius 1 is 1.20 bits per heavy atom. The van der Waals surface area contributed by atoms with Crippen molar-refractivity contribution >= 4 is 17.7 Å². The summed E-state index contributed by atoms with van der Waals surface area (Å²) in [7, 11) is 0. The molecule has 86 valence electrons. The molecule has 4 N–H and O–H groups in total. The van der Waals surface area contributed by atoms with Gasteiger partial charge in [-0.25, -0.2) is 0 Å². The largest absolute Gasteiger partial charge is 0.370 e. The van der Waals surface area contributed by atoms with E-state index in [-0.39, 0.29) is 18.4 Å². The number of hydrogen-bond donors (Lipinski definition) is 3. The van der Waals surface area contributed by atoms with Gasteiger partial charge in [0.1, 0.15) is 6.04 Å². The molecule has 0 aromatic rings. The zero-order chi connectivity index (χ0) is 12.0. The third-order valence-corrected chi connectivity index (χ3v) is 1.53. The normalized spacial score (nSPS) is 12.0. The number of rotatable bonds is 5. The van der Waals surface area contributed by atoms with Crippen molar-refractivity contribution in [1.29, 1.82) is 0 Å². The maximum Gasteiger partial charge on any atom is 0.243 e. The van der Waals surface area contributed by atoms with Gasteiger partial charge in [-0.2, -0.15) is 0 Å². The second-order valence-corrected chi connectivity index (χ2v) is 3.59. The van der Waals surface area contributed by atoms with Crippen molar-refractivity contribution in [3.8, 4) is 0 Å². The van der Waals surface area contributed by atoms with Gasteiger partial charge in [-0.05, 0) is 13.8 Å². The Morgan fingerprint density at radius 2 is 1.73 bits per heavy atom. The Labute approximate surface area is 88.6 Å². The lowest BCUT2D eigenvalue weighted by Crippen LogP contribution is -2.49. The van der Waals surface area contributed by atoms with E-state index in [9.17, 15) is 14.4 Å². The van der Waals surface area contributed by atoms with E-state index in [1.54, 1.807) is 13.8 Å². The molecule has 0 heterocycles. The van der Waals surface area contributed by atoms with E-state index in [1.807, 2.05) is 0 Å². The summed E-state index contributed by atoms with van der Waals surface area (Å²) in [6, 6.07) is -0.941. The number of nitrogens with one attached hydrogen (secondary N) is 2. The number of hydrogen-bond acceptors (Lipinski definition) is 3. The zero-order valence-corrected chi connectivity index (χ0v) is 9.16. The smallest absolute Gasteiger partial charge is 0.243 e. The first-order valence-corrected chi connectivity index (χ1v) is 4.68. The fourth-order valence-electron chi connectivity index (χ4n) is 1.04. The van der Waals surface area contributed by atoms with Gasteiger partial charge in [0, 0.05) is 13.0 Å². The van der Waals surface area contributed by atoms with Gasteiger partial charge in [0.15, 0.2) is 0 Å². The second kappa shape index (κ2) is 6.00. The third-order valence-electron chi connectivity index (χ3n) is 1.53. The van der Waals surface area contributed by atoms with Gasteiger partial charge in [0.25, 0.3) is 0 Å². The van der Waals surface area contributed by atoms with E-state index < -0.39 is 17.9 Å². The molecule has 0 radical (unpaired) electrons. The molecule has 0 spiro atoms. The Balaban J connectivity index is 4.40. The van der Waals surface area contributed by atoms with Crippen LogP contribution in [0.5, 0.6) is 0 Å². The van der Waals surface area contributed by atoms with Crippen LogP contribution in [-0.2, 0) is 14.4 Å². The number of nitrogens with two attached hydrogens (primary N) is 1. The molecule has 0 bridgehead atoms. The zero-order valence-electron chi connectivity index (χ0n) is 9.16. The molecular formula is C9H17N3O3. The number of amides is 3. The summed E-state index contributed by atoms with van der Waals surface area (Å²) in [4.78, 5) is 32.9. The van der Waals surface area contributed by atoms with Crippen molar-refractivity contribution in [3.63, 3.8) is 0 Å². The van der Waals surface area contributed by atoms with Crippen LogP contribution < -0.4 is 16.4 Å². The van der Waals surface area contributed by atoms with E-state index >= 15 is 0 Å². The summed E-state index contributed by atoms with van der Waals surface area (Å²) in [6.07, 6.45) is -0.196. The van der Waals surface area contributed by atoms with E-state index in [0.29, 0.717) is 0 Å². The number of carbonyl (C=O) groups excluding carboxylic acids is 3. The number of primary amides is 1. The molecule has 1 atom stereocenters. The predicted molar refractivity (Wildman–Crippen MR) is 54.7 cm³/mol. The van der Waals surface area contributed by atoms with Crippen molar-refractivity contribution in [1.82, 2.24) is 10.6 Å². The van der Waals surface area contributed by atoms with Crippen LogP contribution in [0.4, 0.5) is 0 Å². The molecule has 0 aliphatic rings. The fraction of sp³-hybridized carbons (Fsp3) is 0.667. The predicted octanol–water partition coefficient (Wildman–Crippen LogP) is -1.11. The van der Waals surface area contributed by atoms with Gasteiger partial charge >= 0.3 is 0 Å². The van der Waals surface area contributed by atoms with Crippen LogP contribution in [0.15, 0.2) is 0 Å². The highest BCUT2D eigenvalue weighted by Gasteiger charge is 2.21. The van der Waals surface area contributed by atoms with Crippen LogP contribution in [-0.4, -0.2) is 29.8 Å². The van der Waals surface area contributed by atoms with Gasteiger partial charge in [-0.1, -0.05) is 0 Å². The first kappa shape index (κ1) is 13.4.